The number of fused-ring (bicyclic) bond motifs is 1. The van der Waals surface area contributed by atoms with Gasteiger partial charge in [-0.2, -0.15) is 0 Å². The van der Waals surface area contributed by atoms with Crippen molar-refractivity contribution in [2.75, 3.05) is 51.2 Å². The second-order valence-corrected chi connectivity index (χ2v) is 7.94. The van der Waals surface area contributed by atoms with E-state index in [2.05, 4.69) is 63.7 Å². The molecule has 7 nitrogen and oxygen atoms in total. The molecule has 0 saturated carbocycles. The summed E-state index contributed by atoms with van der Waals surface area (Å²) in [5, 5.41) is 6.73. The molecule has 0 bridgehead atoms. The number of benzene rings is 1. The summed E-state index contributed by atoms with van der Waals surface area (Å²) in [5.41, 5.74) is 2.38. The van der Waals surface area contributed by atoms with Crippen LogP contribution in [0.25, 0.3) is 0 Å². The molecule has 1 aromatic heterocycles. The molecule has 1 aromatic carbocycles. The minimum absolute atomic E-state index is 0. The van der Waals surface area contributed by atoms with Crippen molar-refractivity contribution in [3.05, 3.63) is 53.7 Å². The van der Waals surface area contributed by atoms with E-state index in [4.69, 9.17) is 9.73 Å². The van der Waals surface area contributed by atoms with E-state index in [-0.39, 0.29) is 30.1 Å². The first-order valence-electron chi connectivity index (χ1n) is 10.9. The predicted octanol–water partition coefficient (Wildman–Crippen LogP) is 2.51. The fourth-order valence-electron chi connectivity index (χ4n) is 3.82. The van der Waals surface area contributed by atoms with Crippen LogP contribution >= 0.6 is 24.0 Å². The summed E-state index contributed by atoms with van der Waals surface area (Å²) < 4.78 is 6.01. The molecular formula is C23H33IN6O. The molecule has 1 unspecified atom stereocenters. The molecule has 0 spiro atoms. The Morgan fingerprint density at radius 1 is 1.13 bits per heavy atom. The van der Waals surface area contributed by atoms with Crippen molar-refractivity contribution in [1.82, 2.24) is 20.5 Å². The highest BCUT2D eigenvalue weighted by molar-refractivity contribution is 14.0. The second kappa shape index (κ2) is 11.5. The number of aliphatic imine (C=N–C) groups is 1. The monoisotopic (exact) mass is 536 g/mol. The van der Waals surface area contributed by atoms with Crippen molar-refractivity contribution in [3.8, 4) is 5.75 Å². The van der Waals surface area contributed by atoms with Crippen molar-refractivity contribution < 1.29 is 4.74 Å². The highest BCUT2D eigenvalue weighted by atomic mass is 127. The minimum Gasteiger partial charge on any atom is -0.488 e. The number of para-hydroxylation sites is 1. The average molecular weight is 536 g/mol. The van der Waals surface area contributed by atoms with Gasteiger partial charge in [0.05, 0.1) is 13.1 Å². The second-order valence-electron chi connectivity index (χ2n) is 7.94. The number of nitrogens with one attached hydrogen (secondary N) is 2. The van der Waals surface area contributed by atoms with E-state index in [1.54, 1.807) is 0 Å². The van der Waals surface area contributed by atoms with Crippen LogP contribution in [0.3, 0.4) is 0 Å². The lowest BCUT2D eigenvalue weighted by molar-refractivity contribution is 0.235. The van der Waals surface area contributed by atoms with Crippen molar-refractivity contribution >= 4 is 35.8 Å². The van der Waals surface area contributed by atoms with Gasteiger partial charge in [-0.1, -0.05) is 24.3 Å². The van der Waals surface area contributed by atoms with Crippen molar-refractivity contribution in [2.24, 2.45) is 4.99 Å². The third kappa shape index (κ3) is 6.46. The third-order valence-corrected chi connectivity index (χ3v) is 5.61. The molecule has 0 radical (unpaired) electrons. The molecule has 2 aromatic rings. The topological polar surface area (TPSA) is 65.0 Å². The van der Waals surface area contributed by atoms with Crippen LogP contribution in [0, 0.1) is 0 Å². The molecule has 2 aliphatic rings. The van der Waals surface area contributed by atoms with Crippen molar-refractivity contribution in [2.45, 2.75) is 26.0 Å². The number of halogens is 1. The van der Waals surface area contributed by atoms with Gasteiger partial charge in [-0.25, -0.2) is 9.98 Å². The smallest absolute Gasteiger partial charge is 0.191 e. The maximum Gasteiger partial charge on any atom is 0.191 e. The molecule has 0 amide bonds. The number of piperazine rings is 1. The molecule has 4 rings (SSSR count). The Kier molecular flexibility index (Phi) is 8.77. The molecule has 2 aliphatic heterocycles. The van der Waals surface area contributed by atoms with Crippen LogP contribution in [-0.2, 0) is 13.0 Å². The summed E-state index contributed by atoms with van der Waals surface area (Å²) in [6, 6.07) is 12.5. The first-order chi connectivity index (χ1) is 14.7. The first kappa shape index (κ1) is 23.6. The molecule has 2 N–H and O–H groups in total. The molecular weight excluding hydrogens is 503 g/mol. The number of rotatable bonds is 6. The predicted molar refractivity (Wildman–Crippen MR) is 137 cm³/mol. The zero-order chi connectivity index (χ0) is 20.8. The van der Waals surface area contributed by atoms with Gasteiger partial charge < -0.3 is 25.2 Å². The number of likely N-dealkylation sites (N-methyl/N-ethyl adjacent to an activating group) is 1. The van der Waals surface area contributed by atoms with E-state index in [1.165, 1.54) is 5.56 Å². The summed E-state index contributed by atoms with van der Waals surface area (Å²) in [7, 11) is 2.17. The zero-order valence-corrected chi connectivity index (χ0v) is 20.7. The molecule has 1 atom stereocenters. The standard InChI is InChI=1S/C23H32N6O.HI/c1-3-24-23(27-17-20-14-19-6-4-5-7-21(19)30-20)26-16-18-8-9-22(25-15-18)29-12-10-28(2)11-13-29;/h4-9,15,20H,3,10-14,16-17H2,1-2H3,(H2,24,26,27);1H. The minimum atomic E-state index is 0. The quantitative estimate of drug-likeness (QED) is 0.336. The number of guanidine groups is 1. The summed E-state index contributed by atoms with van der Waals surface area (Å²) >= 11 is 0. The van der Waals surface area contributed by atoms with Gasteiger partial charge in [-0.3, -0.25) is 0 Å². The van der Waals surface area contributed by atoms with Crippen LogP contribution in [0.1, 0.15) is 18.1 Å². The number of anilines is 1. The van der Waals surface area contributed by atoms with Crippen LogP contribution in [0.15, 0.2) is 47.6 Å². The fraction of sp³-hybridized carbons (Fsp3) is 0.478. The highest BCUT2D eigenvalue weighted by Gasteiger charge is 2.22. The van der Waals surface area contributed by atoms with Crippen LogP contribution < -0.4 is 20.3 Å². The van der Waals surface area contributed by atoms with E-state index in [0.717, 1.165) is 68.8 Å². The number of nitrogens with zero attached hydrogens (tertiary/aromatic N) is 4. The fourth-order valence-corrected chi connectivity index (χ4v) is 3.82. The summed E-state index contributed by atoms with van der Waals surface area (Å²) in [6.07, 6.45) is 3.01. The molecule has 1 fully saturated rings. The summed E-state index contributed by atoms with van der Waals surface area (Å²) in [4.78, 5) is 14.1. The van der Waals surface area contributed by atoms with Crippen LogP contribution in [0.5, 0.6) is 5.75 Å². The molecule has 168 valence electrons. The van der Waals surface area contributed by atoms with Crippen molar-refractivity contribution in [1.29, 1.82) is 0 Å². The van der Waals surface area contributed by atoms with E-state index in [9.17, 15) is 0 Å². The highest BCUT2D eigenvalue weighted by Crippen LogP contribution is 2.27. The Morgan fingerprint density at radius 2 is 1.94 bits per heavy atom. The van der Waals surface area contributed by atoms with Crippen LogP contribution in [-0.4, -0.2) is 68.3 Å². The van der Waals surface area contributed by atoms with E-state index >= 15 is 0 Å². The zero-order valence-electron chi connectivity index (χ0n) is 18.4. The van der Waals surface area contributed by atoms with Gasteiger partial charge in [0.25, 0.3) is 0 Å². The van der Waals surface area contributed by atoms with Gasteiger partial charge in [0.15, 0.2) is 5.96 Å². The maximum absolute atomic E-state index is 6.01. The Labute approximate surface area is 202 Å². The Balaban J connectivity index is 0.00000272. The lowest BCUT2D eigenvalue weighted by Crippen LogP contribution is -2.44. The summed E-state index contributed by atoms with van der Waals surface area (Å²) in [5.74, 6) is 2.86. The van der Waals surface area contributed by atoms with Crippen molar-refractivity contribution in [3.63, 3.8) is 0 Å². The van der Waals surface area contributed by atoms with Gasteiger partial charge in [-0.05, 0) is 37.2 Å². The normalized spacial score (nSPS) is 18.7. The number of pyridine rings is 1. The van der Waals surface area contributed by atoms with E-state index in [0.29, 0.717) is 6.54 Å². The molecule has 1 saturated heterocycles. The average Bonchev–Trinajstić information content (AvgIpc) is 3.20. The number of hydrogen-bond acceptors (Lipinski definition) is 5. The Hall–Kier alpha value is -2.07. The van der Waals surface area contributed by atoms with E-state index < -0.39 is 0 Å². The van der Waals surface area contributed by atoms with Gasteiger partial charge in [0.1, 0.15) is 17.7 Å². The molecule has 31 heavy (non-hydrogen) atoms. The third-order valence-electron chi connectivity index (χ3n) is 5.61. The largest absolute Gasteiger partial charge is 0.488 e. The Morgan fingerprint density at radius 3 is 2.65 bits per heavy atom. The lowest BCUT2D eigenvalue weighted by Gasteiger charge is -2.33. The van der Waals surface area contributed by atoms with Gasteiger partial charge in [0.2, 0.25) is 0 Å². The molecule has 3 heterocycles. The first-order valence-corrected chi connectivity index (χ1v) is 10.9. The van der Waals surface area contributed by atoms with Gasteiger partial charge in [-0.15, -0.1) is 24.0 Å². The van der Waals surface area contributed by atoms with Gasteiger partial charge >= 0.3 is 0 Å². The maximum atomic E-state index is 6.01. The summed E-state index contributed by atoms with van der Waals surface area (Å²) in [6.45, 7) is 8.44. The lowest BCUT2D eigenvalue weighted by atomic mass is 10.1. The SMILES string of the molecule is CCNC(=NCc1ccc(N2CCN(C)CC2)nc1)NCC1Cc2ccccc2O1.I. The number of hydrogen-bond donors (Lipinski definition) is 2. The molecule has 0 aliphatic carbocycles. The number of ether oxygens (including phenoxy) is 1. The van der Waals surface area contributed by atoms with Gasteiger partial charge in [0, 0.05) is 45.3 Å². The molecule has 8 heteroatoms. The Bertz CT molecular complexity index is 826. The van der Waals surface area contributed by atoms with Crippen LogP contribution in [0.4, 0.5) is 5.82 Å². The van der Waals surface area contributed by atoms with Crippen LogP contribution in [0.2, 0.25) is 0 Å². The van der Waals surface area contributed by atoms with E-state index in [1.807, 2.05) is 18.3 Å². The number of aromatic nitrogens is 1.